The van der Waals surface area contributed by atoms with E-state index >= 15 is 0 Å². The molecule has 2 rings (SSSR count). The first-order valence-electron chi connectivity index (χ1n) is 3.30. The van der Waals surface area contributed by atoms with Crippen molar-refractivity contribution < 1.29 is 0 Å². The number of hydrogen-bond donors (Lipinski definition) is 2. The van der Waals surface area contributed by atoms with Crippen molar-refractivity contribution in [2.45, 2.75) is 25.3 Å². The number of aromatic amines is 1. The number of hydrogen-bond acceptors (Lipinski definition) is 4. The van der Waals surface area contributed by atoms with E-state index < -0.39 is 0 Å². The molecular formula is C5H9N5. The van der Waals surface area contributed by atoms with E-state index in [0.717, 1.165) is 0 Å². The van der Waals surface area contributed by atoms with Gasteiger partial charge in [-0.3, -0.25) is 0 Å². The monoisotopic (exact) mass is 139 g/mol. The maximum absolute atomic E-state index is 3.78. The van der Waals surface area contributed by atoms with Crippen molar-refractivity contribution in [2.75, 3.05) is 5.32 Å². The Morgan fingerprint density at radius 2 is 2.40 bits per heavy atom. The Kier molecular flexibility index (Phi) is 0.947. The van der Waals surface area contributed by atoms with Crippen molar-refractivity contribution >= 4 is 5.95 Å². The highest BCUT2D eigenvalue weighted by Crippen LogP contribution is 2.36. The molecule has 5 heteroatoms. The Morgan fingerprint density at radius 1 is 1.60 bits per heavy atom. The molecule has 0 atom stereocenters. The molecule has 1 fully saturated rings. The zero-order valence-corrected chi connectivity index (χ0v) is 5.76. The lowest BCUT2D eigenvalue weighted by atomic mass is 10.3. The van der Waals surface area contributed by atoms with Gasteiger partial charge in [0.1, 0.15) is 0 Å². The lowest BCUT2D eigenvalue weighted by Gasteiger charge is -2.06. The van der Waals surface area contributed by atoms with Crippen molar-refractivity contribution in [2.24, 2.45) is 0 Å². The van der Waals surface area contributed by atoms with Crippen LogP contribution in [0.25, 0.3) is 0 Å². The molecule has 10 heavy (non-hydrogen) atoms. The van der Waals surface area contributed by atoms with Gasteiger partial charge >= 0.3 is 0 Å². The smallest absolute Gasteiger partial charge is 0.263 e. The summed E-state index contributed by atoms with van der Waals surface area (Å²) in [5, 5.41) is 16.5. The van der Waals surface area contributed by atoms with Crippen LogP contribution < -0.4 is 5.32 Å². The number of rotatable bonds is 2. The molecule has 1 aromatic rings. The van der Waals surface area contributed by atoms with Gasteiger partial charge < -0.3 is 5.32 Å². The Labute approximate surface area is 58.2 Å². The van der Waals surface area contributed by atoms with Gasteiger partial charge in [-0.05, 0) is 25.0 Å². The molecule has 0 saturated heterocycles. The third kappa shape index (κ3) is 0.940. The molecule has 0 amide bonds. The fraction of sp³-hybridized carbons (Fsp3) is 0.800. The van der Waals surface area contributed by atoms with Gasteiger partial charge in [0.2, 0.25) is 0 Å². The fourth-order valence-corrected chi connectivity index (χ4v) is 0.797. The topological polar surface area (TPSA) is 66.5 Å². The molecule has 1 aromatic heterocycles. The van der Waals surface area contributed by atoms with Crippen LogP contribution in [0.5, 0.6) is 0 Å². The molecule has 0 radical (unpaired) electrons. The normalized spacial score (nSPS) is 20.5. The van der Waals surface area contributed by atoms with Crippen LogP contribution in [0.15, 0.2) is 0 Å². The average molecular weight is 139 g/mol. The molecule has 0 aliphatic heterocycles. The number of tetrazole rings is 1. The summed E-state index contributed by atoms with van der Waals surface area (Å²) in [6.45, 7) is 2.14. The second-order valence-electron chi connectivity index (χ2n) is 2.92. The third-order valence-electron chi connectivity index (χ3n) is 1.76. The zero-order valence-electron chi connectivity index (χ0n) is 5.76. The molecule has 0 spiro atoms. The van der Waals surface area contributed by atoms with E-state index in [9.17, 15) is 0 Å². The molecule has 1 heterocycles. The van der Waals surface area contributed by atoms with Crippen molar-refractivity contribution in [3.63, 3.8) is 0 Å². The van der Waals surface area contributed by atoms with Gasteiger partial charge in [-0.1, -0.05) is 5.10 Å². The first kappa shape index (κ1) is 5.64. The first-order chi connectivity index (χ1) is 4.79. The van der Waals surface area contributed by atoms with Crippen LogP contribution in [0.2, 0.25) is 0 Å². The molecule has 0 aromatic carbocycles. The van der Waals surface area contributed by atoms with E-state index in [1.54, 1.807) is 0 Å². The lowest BCUT2D eigenvalue weighted by molar-refractivity contribution is 0.811. The van der Waals surface area contributed by atoms with E-state index in [-0.39, 0.29) is 5.54 Å². The molecule has 5 nitrogen and oxygen atoms in total. The quantitative estimate of drug-likeness (QED) is 0.612. The Morgan fingerprint density at radius 3 is 2.90 bits per heavy atom. The highest BCUT2D eigenvalue weighted by molar-refractivity contribution is 5.29. The van der Waals surface area contributed by atoms with Crippen LogP contribution in [0.1, 0.15) is 19.8 Å². The first-order valence-corrected chi connectivity index (χ1v) is 3.30. The molecular weight excluding hydrogens is 130 g/mol. The van der Waals surface area contributed by atoms with E-state index in [0.29, 0.717) is 5.95 Å². The fourth-order valence-electron chi connectivity index (χ4n) is 0.797. The van der Waals surface area contributed by atoms with Gasteiger partial charge in [0.25, 0.3) is 5.95 Å². The van der Waals surface area contributed by atoms with Crippen molar-refractivity contribution in [1.82, 2.24) is 20.6 Å². The van der Waals surface area contributed by atoms with Crippen LogP contribution >= 0.6 is 0 Å². The number of aromatic nitrogens is 4. The van der Waals surface area contributed by atoms with E-state index in [1.807, 2.05) is 0 Å². The Balaban J connectivity index is 2.04. The van der Waals surface area contributed by atoms with Gasteiger partial charge in [0.15, 0.2) is 0 Å². The lowest BCUT2D eigenvalue weighted by Crippen LogP contribution is -2.16. The van der Waals surface area contributed by atoms with E-state index in [2.05, 4.69) is 32.9 Å². The van der Waals surface area contributed by atoms with Crippen LogP contribution in [0.4, 0.5) is 5.95 Å². The van der Waals surface area contributed by atoms with Gasteiger partial charge in [-0.15, -0.1) is 5.10 Å². The van der Waals surface area contributed by atoms with Gasteiger partial charge in [-0.25, -0.2) is 0 Å². The molecule has 1 aliphatic carbocycles. The Bertz CT molecular complexity index is 212. The second-order valence-corrected chi connectivity index (χ2v) is 2.92. The van der Waals surface area contributed by atoms with Gasteiger partial charge in [0, 0.05) is 5.54 Å². The van der Waals surface area contributed by atoms with Crippen molar-refractivity contribution in [1.29, 1.82) is 0 Å². The summed E-state index contributed by atoms with van der Waals surface area (Å²) in [5.74, 6) is 0.597. The molecule has 0 unspecified atom stereocenters. The molecule has 2 N–H and O–H groups in total. The molecule has 54 valence electrons. The number of anilines is 1. The number of H-pyrrole nitrogens is 1. The van der Waals surface area contributed by atoms with E-state index in [1.165, 1.54) is 12.8 Å². The highest BCUT2D eigenvalue weighted by atomic mass is 15.5. The summed E-state index contributed by atoms with van der Waals surface area (Å²) in [5.41, 5.74) is 0.240. The average Bonchev–Trinajstić information content (AvgIpc) is 2.47. The number of nitrogens with zero attached hydrogens (tertiary/aromatic N) is 3. The van der Waals surface area contributed by atoms with Crippen LogP contribution in [-0.4, -0.2) is 26.2 Å². The van der Waals surface area contributed by atoms with E-state index in [4.69, 9.17) is 0 Å². The zero-order chi connectivity index (χ0) is 7.03. The molecule has 1 saturated carbocycles. The summed E-state index contributed by atoms with van der Waals surface area (Å²) in [6.07, 6.45) is 2.39. The molecule has 1 aliphatic rings. The summed E-state index contributed by atoms with van der Waals surface area (Å²) in [7, 11) is 0. The van der Waals surface area contributed by atoms with Crippen LogP contribution in [0.3, 0.4) is 0 Å². The maximum Gasteiger partial charge on any atom is 0.263 e. The summed E-state index contributed by atoms with van der Waals surface area (Å²) in [6, 6.07) is 0. The van der Waals surface area contributed by atoms with Crippen LogP contribution in [-0.2, 0) is 0 Å². The summed E-state index contributed by atoms with van der Waals surface area (Å²) >= 11 is 0. The maximum atomic E-state index is 3.78. The Hall–Kier alpha value is -1.13. The summed E-state index contributed by atoms with van der Waals surface area (Å²) < 4.78 is 0. The minimum Gasteiger partial charge on any atom is -0.346 e. The third-order valence-corrected chi connectivity index (χ3v) is 1.76. The van der Waals surface area contributed by atoms with Crippen molar-refractivity contribution in [3.8, 4) is 0 Å². The SMILES string of the molecule is CC1(Nc2nn[nH]n2)CC1. The largest absolute Gasteiger partial charge is 0.346 e. The van der Waals surface area contributed by atoms with Gasteiger partial charge in [0.05, 0.1) is 0 Å². The van der Waals surface area contributed by atoms with Gasteiger partial charge in [-0.2, -0.15) is 5.21 Å². The highest BCUT2D eigenvalue weighted by Gasteiger charge is 2.37. The summed E-state index contributed by atoms with van der Waals surface area (Å²) in [4.78, 5) is 0. The standard InChI is InChI=1S/C5H9N5/c1-5(2-3-5)6-4-7-9-10-8-4/h2-3H2,1H3,(H2,6,7,8,9,10). The number of nitrogens with one attached hydrogen (secondary N) is 2. The molecule has 0 bridgehead atoms. The second kappa shape index (κ2) is 1.68. The minimum atomic E-state index is 0.240. The van der Waals surface area contributed by atoms with Crippen LogP contribution in [0, 0.1) is 0 Å². The predicted octanol–water partition coefficient (Wildman–Crippen LogP) is 0.164. The predicted molar refractivity (Wildman–Crippen MR) is 35.4 cm³/mol. The van der Waals surface area contributed by atoms with Crippen molar-refractivity contribution in [3.05, 3.63) is 0 Å². The minimum absolute atomic E-state index is 0.240.